The third-order valence-corrected chi connectivity index (χ3v) is 3.95. The first kappa shape index (κ1) is 10.8. The van der Waals surface area contributed by atoms with Crippen molar-refractivity contribution < 1.29 is 0 Å². The van der Waals surface area contributed by atoms with Crippen LogP contribution in [0.5, 0.6) is 0 Å². The zero-order valence-electron chi connectivity index (χ0n) is 9.70. The lowest BCUT2D eigenvalue weighted by molar-refractivity contribution is 0.823. The summed E-state index contributed by atoms with van der Waals surface area (Å²) in [6.45, 7) is 2.14. The molecule has 2 aromatic rings. The number of hydrogen-bond acceptors (Lipinski definition) is 1. The summed E-state index contributed by atoms with van der Waals surface area (Å²) in [4.78, 5) is 0. The first-order valence-electron chi connectivity index (χ1n) is 5.84. The molecule has 86 valence electrons. The first-order chi connectivity index (χ1) is 8.24. The average Bonchev–Trinajstić information content (AvgIpc) is 2.74. The van der Waals surface area contributed by atoms with Crippen LogP contribution in [0.4, 0.5) is 5.69 Å². The summed E-state index contributed by atoms with van der Waals surface area (Å²) in [6.07, 6.45) is 1.07. The van der Waals surface area contributed by atoms with Crippen LogP contribution in [0.2, 0.25) is 0 Å². The van der Waals surface area contributed by atoms with E-state index in [1.807, 2.05) is 0 Å². The van der Waals surface area contributed by atoms with E-state index >= 15 is 0 Å². The standard InChI is InChI=1S/C15H14BrN/c1-10-4-2-5-11(8-10)14-9-12-6-3-7-13(16)15(12)17-14/h2-8,14,17H,9H2,1H3. The van der Waals surface area contributed by atoms with E-state index in [9.17, 15) is 0 Å². The van der Waals surface area contributed by atoms with Crippen LogP contribution in [-0.4, -0.2) is 0 Å². The second-order valence-corrected chi connectivity index (χ2v) is 5.44. The molecule has 0 saturated heterocycles. The maximum atomic E-state index is 3.60. The predicted molar refractivity (Wildman–Crippen MR) is 75.4 cm³/mol. The molecule has 0 radical (unpaired) electrons. The lowest BCUT2D eigenvalue weighted by Crippen LogP contribution is -2.05. The molecule has 2 aromatic carbocycles. The third kappa shape index (κ3) is 1.98. The maximum Gasteiger partial charge on any atom is 0.0555 e. The highest BCUT2D eigenvalue weighted by atomic mass is 79.9. The van der Waals surface area contributed by atoms with Gasteiger partial charge in [-0.1, -0.05) is 42.0 Å². The van der Waals surface area contributed by atoms with Crippen molar-refractivity contribution in [2.24, 2.45) is 0 Å². The molecule has 1 aliphatic heterocycles. The van der Waals surface area contributed by atoms with Crippen molar-refractivity contribution in [1.29, 1.82) is 0 Å². The zero-order chi connectivity index (χ0) is 11.8. The monoisotopic (exact) mass is 287 g/mol. The van der Waals surface area contributed by atoms with Crippen LogP contribution in [0, 0.1) is 6.92 Å². The Balaban J connectivity index is 1.94. The summed E-state index contributed by atoms with van der Waals surface area (Å²) in [6, 6.07) is 15.5. The Hall–Kier alpha value is -1.28. The van der Waals surface area contributed by atoms with Crippen LogP contribution in [0.1, 0.15) is 22.7 Å². The number of para-hydroxylation sites is 1. The molecule has 17 heavy (non-hydrogen) atoms. The molecule has 0 aromatic heterocycles. The second kappa shape index (κ2) is 4.19. The minimum absolute atomic E-state index is 0.406. The van der Waals surface area contributed by atoms with Crippen LogP contribution in [0.3, 0.4) is 0 Å². The molecule has 1 unspecified atom stereocenters. The number of anilines is 1. The zero-order valence-corrected chi connectivity index (χ0v) is 11.3. The van der Waals surface area contributed by atoms with E-state index in [4.69, 9.17) is 0 Å². The van der Waals surface area contributed by atoms with Crippen molar-refractivity contribution in [3.05, 3.63) is 63.6 Å². The number of nitrogens with one attached hydrogen (secondary N) is 1. The van der Waals surface area contributed by atoms with Gasteiger partial charge in [-0.3, -0.25) is 0 Å². The Labute approximate surface area is 110 Å². The van der Waals surface area contributed by atoms with Gasteiger partial charge in [0.05, 0.1) is 11.7 Å². The number of fused-ring (bicyclic) bond motifs is 1. The SMILES string of the molecule is Cc1cccc(C2Cc3cccc(Br)c3N2)c1. The van der Waals surface area contributed by atoms with Crippen LogP contribution in [0.15, 0.2) is 46.9 Å². The Morgan fingerprint density at radius 3 is 2.76 bits per heavy atom. The van der Waals surface area contributed by atoms with Crippen molar-refractivity contribution in [3.63, 3.8) is 0 Å². The normalized spacial score (nSPS) is 17.6. The summed E-state index contributed by atoms with van der Waals surface area (Å²) in [5.74, 6) is 0. The molecule has 0 fully saturated rings. The van der Waals surface area contributed by atoms with Crippen LogP contribution >= 0.6 is 15.9 Å². The lowest BCUT2D eigenvalue weighted by atomic mass is 10.0. The molecule has 2 heteroatoms. The van der Waals surface area contributed by atoms with Crippen molar-refractivity contribution in [2.45, 2.75) is 19.4 Å². The summed E-state index contributed by atoms with van der Waals surface area (Å²) < 4.78 is 1.16. The second-order valence-electron chi connectivity index (χ2n) is 4.59. The van der Waals surface area contributed by atoms with Gasteiger partial charge in [-0.15, -0.1) is 0 Å². The van der Waals surface area contributed by atoms with Crippen molar-refractivity contribution in [1.82, 2.24) is 0 Å². The number of hydrogen-bond donors (Lipinski definition) is 1. The summed E-state index contributed by atoms with van der Waals surface area (Å²) in [5, 5.41) is 3.60. The molecule has 1 nitrogen and oxygen atoms in total. The molecule has 1 atom stereocenters. The molecular weight excluding hydrogens is 274 g/mol. The first-order valence-corrected chi connectivity index (χ1v) is 6.64. The largest absolute Gasteiger partial charge is 0.377 e. The van der Waals surface area contributed by atoms with Crippen molar-refractivity contribution >= 4 is 21.6 Å². The van der Waals surface area contributed by atoms with Gasteiger partial charge in [0.2, 0.25) is 0 Å². The quantitative estimate of drug-likeness (QED) is 0.816. The van der Waals surface area contributed by atoms with E-state index in [0.29, 0.717) is 6.04 Å². The van der Waals surface area contributed by atoms with E-state index in [1.54, 1.807) is 0 Å². The third-order valence-electron chi connectivity index (χ3n) is 3.29. The minimum Gasteiger partial charge on any atom is -0.377 e. The van der Waals surface area contributed by atoms with E-state index in [-0.39, 0.29) is 0 Å². The highest BCUT2D eigenvalue weighted by Crippen LogP contribution is 2.38. The van der Waals surface area contributed by atoms with E-state index in [1.165, 1.54) is 22.4 Å². The molecule has 0 spiro atoms. The molecule has 3 rings (SSSR count). The van der Waals surface area contributed by atoms with Crippen molar-refractivity contribution in [2.75, 3.05) is 5.32 Å². The molecule has 1 N–H and O–H groups in total. The highest BCUT2D eigenvalue weighted by molar-refractivity contribution is 9.10. The van der Waals surface area contributed by atoms with Gasteiger partial charge in [0, 0.05) is 4.47 Å². The van der Waals surface area contributed by atoms with E-state index in [2.05, 4.69) is 70.6 Å². The highest BCUT2D eigenvalue weighted by Gasteiger charge is 2.23. The van der Waals surface area contributed by atoms with Gasteiger partial charge in [-0.2, -0.15) is 0 Å². The number of aryl methyl sites for hydroxylation is 1. The van der Waals surface area contributed by atoms with Gasteiger partial charge in [-0.25, -0.2) is 0 Å². The summed E-state index contributed by atoms with van der Waals surface area (Å²) >= 11 is 3.60. The number of halogens is 1. The smallest absolute Gasteiger partial charge is 0.0555 e. The summed E-state index contributed by atoms with van der Waals surface area (Å²) in [5.41, 5.74) is 5.33. The van der Waals surface area contributed by atoms with Gasteiger partial charge >= 0.3 is 0 Å². The fourth-order valence-electron chi connectivity index (χ4n) is 2.43. The molecule has 0 amide bonds. The Morgan fingerprint density at radius 1 is 1.18 bits per heavy atom. The van der Waals surface area contributed by atoms with Gasteiger partial charge in [0.1, 0.15) is 0 Å². The lowest BCUT2D eigenvalue weighted by Gasteiger charge is -2.12. The van der Waals surface area contributed by atoms with Gasteiger partial charge in [0.25, 0.3) is 0 Å². The van der Waals surface area contributed by atoms with Crippen LogP contribution in [-0.2, 0) is 6.42 Å². The van der Waals surface area contributed by atoms with Gasteiger partial charge in [-0.05, 0) is 46.5 Å². The molecule has 0 saturated carbocycles. The van der Waals surface area contributed by atoms with Crippen LogP contribution < -0.4 is 5.32 Å². The summed E-state index contributed by atoms with van der Waals surface area (Å²) in [7, 11) is 0. The van der Waals surface area contributed by atoms with E-state index in [0.717, 1.165) is 10.9 Å². The average molecular weight is 288 g/mol. The topological polar surface area (TPSA) is 12.0 Å². The fourth-order valence-corrected chi connectivity index (χ4v) is 2.96. The van der Waals surface area contributed by atoms with Crippen LogP contribution in [0.25, 0.3) is 0 Å². The minimum atomic E-state index is 0.406. The maximum absolute atomic E-state index is 3.60. The molecule has 0 bridgehead atoms. The van der Waals surface area contributed by atoms with Gasteiger partial charge < -0.3 is 5.32 Å². The van der Waals surface area contributed by atoms with E-state index < -0.39 is 0 Å². The molecule has 1 heterocycles. The molecule has 1 aliphatic rings. The molecular formula is C15H14BrN. The number of benzene rings is 2. The fraction of sp³-hybridized carbons (Fsp3) is 0.200. The van der Waals surface area contributed by atoms with Crippen molar-refractivity contribution in [3.8, 4) is 0 Å². The van der Waals surface area contributed by atoms with Gasteiger partial charge in [0.15, 0.2) is 0 Å². The Morgan fingerprint density at radius 2 is 2.00 bits per heavy atom. The Kier molecular flexibility index (Phi) is 2.67. The predicted octanol–water partition coefficient (Wildman–Crippen LogP) is 4.47. The molecule has 0 aliphatic carbocycles. The Bertz CT molecular complexity index is 563. The number of rotatable bonds is 1.